The van der Waals surface area contributed by atoms with Crippen molar-refractivity contribution in [2.24, 2.45) is 5.92 Å². The summed E-state index contributed by atoms with van der Waals surface area (Å²) in [6.45, 7) is 8.24. The Bertz CT molecular complexity index is 356. The van der Waals surface area contributed by atoms with Gasteiger partial charge in [-0.05, 0) is 44.2 Å². The first-order valence-electron chi connectivity index (χ1n) is 7.64. The average Bonchev–Trinajstić information content (AvgIpc) is 3.22. The van der Waals surface area contributed by atoms with Crippen LogP contribution in [0.25, 0.3) is 0 Å². The molecule has 0 spiro atoms. The van der Waals surface area contributed by atoms with Crippen molar-refractivity contribution in [3.05, 3.63) is 35.4 Å². The predicted octanol–water partition coefficient (Wildman–Crippen LogP) is 3.50. The largest absolute Gasteiger partial charge is 0.380 e. The predicted molar refractivity (Wildman–Crippen MR) is 80.6 cm³/mol. The van der Waals surface area contributed by atoms with Crippen molar-refractivity contribution in [3.63, 3.8) is 0 Å². The second kappa shape index (κ2) is 7.66. The van der Waals surface area contributed by atoms with Gasteiger partial charge in [0.15, 0.2) is 0 Å². The lowest BCUT2D eigenvalue weighted by molar-refractivity contribution is 0.110. The van der Waals surface area contributed by atoms with Crippen molar-refractivity contribution >= 4 is 0 Å². The van der Waals surface area contributed by atoms with E-state index in [1.807, 2.05) is 0 Å². The molecule has 0 amide bonds. The Morgan fingerprint density at radius 2 is 2.00 bits per heavy atom. The third-order valence-corrected chi connectivity index (χ3v) is 3.74. The van der Waals surface area contributed by atoms with Crippen molar-refractivity contribution in [1.29, 1.82) is 0 Å². The Balaban J connectivity index is 1.85. The summed E-state index contributed by atoms with van der Waals surface area (Å²) in [4.78, 5) is 0. The highest BCUT2D eigenvalue weighted by Crippen LogP contribution is 2.29. The minimum Gasteiger partial charge on any atom is -0.380 e. The smallest absolute Gasteiger partial charge is 0.0547 e. The molecule has 0 aliphatic heterocycles. The Labute approximate surface area is 117 Å². The summed E-state index contributed by atoms with van der Waals surface area (Å²) in [6.07, 6.45) is 3.91. The van der Waals surface area contributed by atoms with Crippen LogP contribution in [-0.2, 0) is 4.74 Å². The maximum atomic E-state index is 5.90. The van der Waals surface area contributed by atoms with E-state index in [9.17, 15) is 0 Å². The highest BCUT2D eigenvalue weighted by atomic mass is 16.5. The fourth-order valence-corrected chi connectivity index (χ4v) is 2.23. The number of hydrogen-bond donors (Lipinski definition) is 1. The van der Waals surface area contributed by atoms with Gasteiger partial charge in [0.1, 0.15) is 0 Å². The van der Waals surface area contributed by atoms with Crippen LogP contribution in [0.4, 0.5) is 0 Å². The van der Waals surface area contributed by atoms with Crippen molar-refractivity contribution in [3.8, 4) is 0 Å². The molecule has 2 rings (SSSR count). The molecule has 1 aliphatic rings. The van der Waals surface area contributed by atoms with E-state index in [0.29, 0.717) is 5.92 Å². The number of rotatable bonds is 9. The lowest BCUT2D eigenvalue weighted by Gasteiger charge is -2.18. The van der Waals surface area contributed by atoms with E-state index in [0.717, 1.165) is 32.2 Å². The molecule has 1 fully saturated rings. The highest BCUT2D eigenvalue weighted by molar-refractivity contribution is 5.24. The summed E-state index contributed by atoms with van der Waals surface area (Å²) >= 11 is 0. The molecule has 2 heteroatoms. The van der Waals surface area contributed by atoms with Gasteiger partial charge in [0.25, 0.3) is 0 Å². The van der Waals surface area contributed by atoms with Gasteiger partial charge in [0.05, 0.1) is 6.61 Å². The van der Waals surface area contributed by atoms with Crippen LogP contribution in [0.3, 0.4) is 0 Å². The molecule has 106 valence electrons. The number of hydrogen-bond acceptors (Lipinski definition) is 2. The van der Waals surface area contributed by atoms with Gasteiger partial charge in [0.2, 0.25) is 0 Å². The maximum absolute atomic E-state index is 5.90. The summed E-state index contributed by atoms with van der Waals surface area (Å²) in [5.74, 6) is 1.33. The van der Waals surface area contributed by atoms with Crippen LogP contribution in [-0.4, -0.2) is 26.3 Å². The van der Waals surface area contributed by atoms with Crippen molar-refractivity contribution in [2.45, 2.75) is 39.0 Å². The first-order valence-corrected chi connectivity index (χ1v) is 7.64. The lowest BCUT2D eigenvalue weighted by atomic mass is 9.99. The zero-order valence-corrected chi connectivity index (χ0v) is 12.3. The molecule has 0 aromatic heterocycles. The van der Waals surface area contributed by atoms with Crippen LogP contribution in [0, 0.1) is 12.8 Å². The maximum Gasteiger partial charge on any atom is 0.0547 e. The molecule has 1 aromatic rings. The molecular weight excluding hydrogens is 234 g/mol. The third-order valence-electron chi connectivity index (χ3n) is 3.74. The van der Waals surface area contributed by atoms with Crippen LogP contribution >= 0.6 is 0 Å². The number of benzene rings is 1. The molecule has 1 aromatic carbocycles. The van der Waals surface area contributed by atoms with Gasteiger partial charge < -0.3 is 10.1 Å². The van der Waals surface area contributed by atoms with E-state index in [-0.39, 0.29) is 0 Å². The molecule has 19 heavy (non-hydrogen) atoms. The van der Waals surface area contributed by atoms with Crippen molar-refractivity contribution < 1.29 is 4.74 Å². The first-order chi connectivity index (χ1) is 9.29. The average molecular weight is 261 g/mol. The molecule has 1 unspecified atom stereocenters. The SMILES string of the molecule is CCCNCC(COCC1CC1)c1ccc(C)cc1. The number of ether oxygens (including phenoxy) is 1. The van der Waals surface area contributed by atoms with Crippen LogP contribution < -0.4 is 5.32 Å². The molecular formula is C17H27NO. The Morgan fingerprint density at radius 3 is 2.63 bits per heavy atom. The summed E-state index contributed by atoms with van der Waals surface area (Å²) in [5, 5.41) is 3.52. The zero-order chi connectivity index (χ0) is 13.5. The van der Waals surface area contributed by atoms with Gasteiger partial charge >= 0.3 is 0 Å². The quantitative estimate of drug-likeness (QED) is 0.687. The minimum atomic E-state index is 0.478. The van der Waals surface area contributed by atoms with Crippen LogP contribution in [0.2, 0.25) is 0 Å². The van der Waals surface area contributed by atoms with Crippen LogP contribution in [0.5, 0.6) is 0 Å². The normalized spacial score (nSPS) is 16.5. The van der Waals surface area contributed by atoms with E-state index in [4.69, 9.17) is 4.74 Å². The first kappa shape index (κ1) is 14.5. The van der Waals surface area contributed by atoms with Gasteiger partial charge in [-0.1, -0.05) is 36.8 Å². The molecule has 2 nitrogen and oxygen atoms in total. The molecule has 0 heterocycles. The topological polar surface area (TPSA) is 21.3 Å². The third kappa shape index (κ3) is 5.33. The fraction of sp³-hybridized carbons (Fsp3) is 0.647. The summed E-state index contributed by atoms with van der Waals surface area (Å²) in [6, 6.07) is 8.88. The van der Waals surface area contributed by atoms with Crippen LogP contribution in [0.15, 0.2) is 24.3 Å². The molecule has 1 saturated carbocycles. The summed E-state index contributed by atoms with van der Waals surface area (Å²) < 4.78 is 5.90. The summed E-state index contributed by atoms with van der Waals surface area (Å²) in [5.41, 5.74) is 2.72. The Morgan fingerprint density at radius 1 is 1.26 bits per heavy atom. The second-order valence-electron chi connectivity index (χ2n) is 5.79. The van der Waals surface area contributed by atoms with E-state index in [2.05, 4.69) is 43.4 Å². The van der Waals surface area contributed by atoms with Crippen molar-refractivity contribution in [2.75, 3.05) is 26.3 Å². The Hall–Kier alpha value is -0.860. The molecule has 0 bridgehead atoms. The number of aryl methyl sites for hydroxylation is 1. The molecule has 0 saturated heterocycles. The Kier molecular flexibility index (Phi) is 5.87. The van der Waals surface area contributed by atoms with E-state index in [1.165, 1.54) is 30.4 Å². The van der Waals surface area contributed by atoms with Crippen molar-refractivity contribution in [1.82, 2.24) is 5.32 Å². The van der Waals surface area contributed by atoms with Gasteiger partial charge in [0, 0.05) is 19.1 Å². The van der Waals surface area contributed by atoms with Gasteiger partial charge in [-0.3, -0.25) is 0 Å². The molecule has 1 aliphatic carbocycles. The second-order valence-corrected chi connectivity index (χ2v) is 5.79. The van der Waals surface area contributed by atoms with Gasteiger partial charge in [-0.2, -0.15) is 0 Å². The number of nitrogens with one attached hydrogen (secondary N) is 1. The molecule has 1 atom stereocenters. The van der Waals surface area contributed by atoms with E-state index < -0.39 is 0 Å². The summed E-state index contributed by atoms with van der Waals surface area (Å²) in [7, 11) is 0. The molecule has 0 radical (unpaired) electrons. The van der Waals surface area contributed by atoms with E-state index >= 15 is 0 Å². The van der Waals surface area contributed by atoms with E-state index in [1.54, 1.807) is 0 Å². The monoisotopic (exact) mass is 261 g/mol. The lowest BCUT2D eigenvalue weighted by Crippen LogP contribution is -2.25. The van der Waals surface area contributed by atoms with Crippen LogP contribution in [0.1, 0.15) is 43.2 Å². The van der Waals surface area contributed by atoms with Gasteiger partial charge in [-0.25, -0.2) is 0 Å². The highest BCUT2D eigenvalue weighted by Gasteiger charge is 2.22. The zero-order valence-electron chi connectivity index (χ0n) is 12.3. The van der Waals surface area contributed by atoms with Gasteiger partial charge in [-0.15, -0.1) is 0 Å². The minimum absolute atomic E-state index is 0.478. The molecule has 1 N–H and O–H groups in total. The fourth-order valence-electron chi connectivity index (χ4n) is 2.23. The standard InChI is InChI=1S/C17H27NO/c1-3-10-18-11-17(13-19-12-15-6-7-15)16-8-4-14(2)5-9-16/h4-5,8-9,15,17-18H,3,6-7,10-13H2,1-2H3.